The zero-order valence-electron chi connectivity index (χ0n) is 14.1. The van der Waals surface area contributed by atoms with Gasteiger partial charge in [-0.05, 0) is 25.8 Å². The number of rotatable bonds is 5. The van der Waals surface area contributed by atoms with Gasteiger partial charge in [0.05, 0.1) is 17.4 Å². The van der Waals surface area contributed by atoms with Gasteiger partial charge in [0.25, 0.3) is 5.91 Å². The summed E-state index contributed by atoms with van der Waals surface area (Å²) in [5, 5.41) is 19.9. The largest absolute Gasteiger partial charge is 0.392 e. The number of carbonyl (C=O) groups is 1. The van der Waals surface area contributed by atoms with Gasteiger partial charge in [-0.15, -0.1) is 0 Å². The molecule has 1 aromatic heterocycles. The lowest BCUT2D eigenvalue weighted by Gasteiger charge is -2.24. The number of aryl methyl sites for hydroxylation is 2. The van der Waals surface area contributed by atoms with Crippen LogP contribution in [0.25, 0.3) is 0 Å². The number of likely N-dealkylation sites (tertiary alicyclic amines) is 1. The first-order valence-corrected chi connectivity index (χ1v) is 8.30. The van der Waals surface area contributed by atoms with E-state index in [4.69, 9.17) is 0 Å². The smallest absolute Gasteiger partial charge is 0.255 e. The molecule has 0 aliphatic carbocycles. The Morgan fingerprint density at radius 2 is 2.12 bits per heavy atom. The highest BCUT2D eigenvalue weighted by Gasteiger charge is 2.31. The van der Waals surface area contributed by atoms with Crippen LogP contribution in [0.3, 0.4) is 0 Å². The van der Waals surface area contributed by atoms with Crippen LogP contribution >= 0.6 is 0 Å². The van der Waals surface area contributed by atoms with Crippen molar-refractivity contribution in [2.75, 3.05) is 13.1 Å². The molecular formula is C18H24N4O2. The monoisotopic (exact) mass is 328 g/mol. The fourth-order valence-corrected chi connectivity index (χ4v) is 3.37. The second-order valence-corrected chi connectivity index (χ2v) is 6.48. The molecule has 2 atom stereocenters. The van der Waals surface area contributed by atoms with Gasteiger partial charge in [0.2, 0.25) is 0 Å². The molecule has 1 amide bonds. The summed E-state index contributed by atoms with van der Waals surface area (Å²) < 4.78 is 0. The molecule has 0 radical (unpaired) electrons. The molecule has 0 bridgehead atoms. The number of aliphatic hydroxyl groups excluding tert-OH is 1. The Morgan fingerprint density at radius 3 is 2.79 bits per heavy atom. The lowest BCUT2D eigenvalue weighted by atomic mass is 10.1. The van der Waals surface area contributed by atoms with Crippen molar-refractivity contribution >= 4 is 5.91 Å². The van der Waals surface area contributed by atoms with Crippen LogP contribution in [0.1, 0.15) is 33.7 Å². The van der Waals surface area contributed by atoms with Crippen LogP contribution in [0.4, 0.5) is 0 Å². The maximum absolute atomic E-state index is 12.4. The van der Waals surface area contributed by atoms with Gasteiger partial charge in [0.1, 0.15) is 0 Å². The molecule has 6 nitrogen and oxygen atoms in total. The number of H-pyrrole nitrogens is 1. The molecule has 24 heavy (non-hydrogen) atoms. The molecule has 2 aromatic rings. The molecule has 6 heteroatoms. The molecular weight excluding hydrogens is 304 g/mol. The molecule has 1 aromatic carbocycles. The number of aromatic amines is 1. The molecule has 128 valence electrons. The fourth-order valence-electron chi connectivity index (χ4n) is 3.37. The van der Waals surface area contributed by atoms with Gasteiger partial charge in [-0.3, -0.25) is 14.8 Å². The van der Waals surface area contributed by atoms with Crippen molar-refractivity contribution in [3.63, 3.8) is 0 Å². The predicted octanol–water partition coefficient (Wildman–Crippen LogP) is 1.39. The third kappa shape index (κ3) is 3.66. The summed E-state index contributed by atoms with van der Waals surface area (Å²) in [7, 11) is 0. The fraction of sp³-hybridized carbons (Fsp3) is 0.444. The van der Waals surface area contributed by atoms with E-state index in [1.807, 2.05) is 32.0 Å². The Balaban J connectivity index is 1.61. The van der Waals surface area contributed by atoms with Crippen LogP contribution < -0.4 is 5.32 Å². The van der Waals surface area contributed by atoms with Crippen molar-refractivity contribution < 1.29 is 9.90 Å². The highest BCUT2D eigenvalue weighted by molar-refractivity contribution is 5.96. The van der Waals surface area contributed by atoms with Crippen molar-refractivity contribution in [3.8, 4) is 0 Å². The number of hydrogen-bond acceptors (Lipinski definition) is 4. The van der Waals surface area contributed by atoms with Crippen molar-refractivity contribution in [2.45, 2.75) is 39.0 Å². The van der Waals surface area contributed by atoms with Crippen LogP contribution in [0, 0.1) is 13.8 Å². The highest BCUT2D eigenvalue weighted by atomic mass is 16.3. The van der Waals surface area contributed by atoms with Gasteiger partial charge in [0, 0.05) is 31.4 Å². The number of aromatic nitrogens is 2. The van der Waals surface area contributed by atoms with E-state index in [0.29, 0.717) is 30.8 Å². The van der Waals surface area contributed by atoms with Crippen LogP contribution in [0.15, 0.2) is 30.3 Å². The first kappa shape index (κ1) is 16.7. The number of hydrogen-bond donors (Lipinski definition) is 3. The number of nitrogens with one attached hydrogen (secondary N) is 2. The standard InChI is InChI=1S/C18H24N4O2/c1-12-17(13(2)21-20-12)18(24)19-9-15-8-16(23)11-22(15)10-14-6-4-3-5-7-14/h3-7,15-16,23H,8-11H2,1-2H3,(H,19,24)(H,20,21). The van der Waals surface area contributed by atoms with E-state index in [9.17, 15) is 9.90 Å². The van der Waals surface area contributed by atoms with Crippen molar-refractivity contribution in [1.82, 2.24) is 20.4 Å². The Labute approximate surface area is 141 Å². The van der Waals surface area contributed by atoms with Crippen LogP contribution in [0.5, 0.6) is 0 Å². The minimum Gasteiger partial charge on any atom is -0.392 e. The second-order valence-electron chi connectivity index (χ2n) is 6.48. The zero-order valence-corrected chi connectivity index (χ0v) is 14.1. The summed E-state index contributed by atoms with van der Waals surface area (Å²) in [5.41, 5.74) is 3.31. The molecule has 1 aliphatic rings. The number of amides is 1. The number of benzene rings is 1. The lowest BCUT2D eigenvalue weighted by Crippen LogP contribution is -2.40. The maximum Gasteiger partial charge on any atom is 0.255 e. The summed E-state index contributed by atoms with van der Waals surface area (Å²) in [6.07, 6.45) is 0.337. The van der Waals surface area contributed by atoms with E-state index < -0.39 is 0 Å². The van der Waals surface area contributed by atoms with Crippen LogP contribution in [0.2, 0.25) is 0 Å². The third-order valence-corrected chi connectivity index (χ3v) is 4.59. The van der Waals surface area contributed by atoms with Gasteiger partial charge in [-0.2, -0.15) is 5.10 Å². The topological polar surface area (TPSA) is 81.2 Å². The Hall–Kier alpha value is -2.18. The van der Waals surface area contributed by atoms with E-state index >= 15 is 0 Å². The maximum atomic E-state index is 12.4. The van der Waals surface area contributed by atoms with Gasteiger partial charge in [0.15, 0.2) is 0 Å². The van der Waals surface area contributed by atoms with E-state index in [0.717, 1.165) is 12.2 Å². The van der Waals surface area contributed by atoms with Crippen molar-refractivity contribution in [3.05, 3.63) is 52.8 Å². The zero-order chi connectivity index (χ0) is 17.1. The van der Waals surface area contributed by atoms with Gasteiger partial charge in [-0.25, -0.2) is 0 Å². The minimum atomic E-state index is -0.340. The lowest BCUT2D eigenvalue weighted by molar-refractivity contribution is 0.0938. The second kappa shape index (κ2) is 7.15. The molecule has 3 N–H and O–H groups in total. The number of β-amino-alcohol motifs (C(OH)–C–C–N with tert-alkyl or cyclic N) is 1. The molecule has 0 spiro atoms. The summed E-state index contributed by atoms with van der Waals surface area (Å²) in [6.45, 7) is 5.60. The average molecular weight is 328 g/mol. The summed E-state index contributed by atoms with van der Waals surface area (Å²) in [6, 6.07) is 10.3. The molecule has 1 saturated heterocycles. The first-order chi connectivity index (χ1) is 11.5. The molecule has 2 unspecified atom stereocenters. The van der Waals surface area contributed by atoms with Gasteiger partial charge in [-0.1, -0.05) is 30.3 Å². The van der Waals surface area contributed by atoms with Crippen LogP contribution in [-0.2, 0) is 6.54 Å². The van der Waals surface area contributed by atoms with Crippen molar-refractivity contribution in [1.29, 1.82) is 0 Å². The molecule has 2 heterocycles. The average Bonchev–Trinajstić information content (AvgIpc) is 3.08. The van der Waals surface area contributed by atoms with Gasteiger partial charge >= 0.3 is 0 Å². The Bertz CT molecular complexity index is 679. The summed E-state index contributed by atoms with van der Waals surface area (Å²) in [5.74, 6) is -0.111. The van der Waals surface area contributed by atoms with E-state index in [-0.39, 0.29) is 18.1 Å². The highest BCUT2D eigenvalue weighted by Crippen LogP contribution is 2.20. The summed E-state index contributed by atoms with van der Waals surface area (Å²) in [4.78, 5) is 14.6. The molecule has 1 aliphatic heterocycles. The molecule has 1 fully saturated rings. The van der Waals surface area contributed by atoms with Crippen molar-refractivity contribution in [2.24, 2.45) is 0 Å². The van der Waals surface area contributed by atoms with E-state index in [2.05, 4.69) is 32.5 Å². The SMILES string of the molecule is Cc1n[nH]c(C)c1C(=O)NCC1CC(O)CN1Cc1ccccc1. The molecule has 0 saturated carbocycles. The first-order valence-electron chi connectivity index (χ1n) is 8.30. The Kier molecular flexibility index (Phi) is 4.97. The number of nitrogens with zero attached hydrogens (tertiary/aromatic N) is 2. The molecule has 3 rings (SSSR count). The van der Waals surface area contributed by atoms with Crippen LogP contribution in [-0.4, -0.2) is 51.3 Å². The predicted molar refractivity (Wildman–Crippen MR) is 91.7 cm³/mol. The summed E-state index contributed by atoms with van der Waals surface area (Å²) >= 11 is 0. The third-order valence-electron chi connectivity index (χ3n) is 4.59. The van der Waals surface area contributed by atoms with E-state index in [1.165, 1.54) is 5.56 Å². The normalized spacial score (nSPS) is 21.1. The quantitative estimate of drug-likeness (QED) is 0.775. The van der Waals surface area contributed by atoms with Gasteiger partial charge < -0.3 is 10.4 Å². The number of carbonyl (C=O) groups excluding carboxylic acids is 1. The Morgan fingerprint density at radius 1 is 1.38 bits per heavy atom. The number of aliphatic hydroxyl groups is 1. The van der Waals surface area contributed by atoms with E-state index in [1.54, 1.807) is 0 Å². The minimum absolute atomic E-state index is 0.111.